The summed E-state index contributed by atoms with van der Waals surface area (Å²) in [6.45, 7) is 2.80. The zero-order valence-corrected chi connectivity index (χ0v) is 25.2. The lowest BCUT2D eigenvalue weighted by Crippen LogP contribution is -2.28. The Hall–Kier alpha value is -4.75. The van der Waals surface area contributed by atoms with Crippen LogP contribution in [-0.2, 0) is 17.9 Å². The Labute approximate surface area is 259 Å². The normalized spacial score (nSPS) is 11.8. The van der Waals surface area contributed by atoms with Crippen molar-refractivity contribution in [2.24, 2.45) is 0 Å². The van der Waals surface area contributed by atoms with E-state index >= 15 is 0 Å². The van der Waals surface area contributed by atoms with E-state index in [1.54, 1.807) is 19.1 Å². The minimum atomic E-state index is -0.752. The van der Waals surface area contributed by atoms with Gasteiger partial charge in [-0.25, -0.2) is 18.7 Å². The third kappa shape index (κ3) is 6.43. The minimum Gasteiger partial charge on any atom is -0.481 e. The summed E-state index contributed by atoms with van der Waals surface area (Å²) in [5.41, 5.74) is 1.18. The molecule has 0 fully saturated rings. The van der Waals surface area contributed by atoms with E-state index in [0.717, 1.165) is 11.5 Å². The zero-order valence-electron chi connectivity index (χ0n) is 23.7. The van der Waals surface area contributed by atoms with Crippen molar-refractivity contribution >= 4 is 56.6 Å². The number of rotatable bonds is 10. The van der Waals surface area contributed by atoms with Crippen molar-refractivity contribution in [1.82, 2.24) is 24.2 Å². The van der Waals surface area contributed by atoms with Crippen LogP contribution in [0.1, 0.15) is 57.7 Å². The fourth-order valence-corrected chi connectivity index (χ4v) is 5.72. The number of aromatic nitrogens is 4. The van der Waals surface area contributed by atoms with E-state index in [1.165, 1.54) is 61.2 Å². The molecule has 0 aliphatic rings. The number of carbonyl (C=O) groups is 3. The molecule has 0 bridgehead atoms. The van der Waals surface area contributed by atoms with Crippen molar-refractivity contribution in [2.45, 2.75) is 32.9 Å². The largest absolute Gasteiger partial charge is 0.481 e. The summed E-state index contributed by atoms with van der Waals surface area (Å²) in [5.74, 6) is -3.38. The van der Waals surface area contributed by atoms with Crippen molar-refractivity contribution in [3.05, 3.63) is 99.7 Å². The molecule has 3 aromatic heterocycles. The van der Waals surface area contributed by atoms with Gasteiger partial charge in [-0.15, -0.1) is 0 Å². The molecule has 2 N–H and O–H groups in total. The van der Waals surface area contributed by atoms with Gasteiger partial charge < -0.3 is 19.9 Å². The first-order valence-corrected chi connectivity index (χ1v) is 14.4. The molecule has 5 aromatic rings. The Kier molecular flexibility index (Phi) is 8.97. The highest BCUT2D eigenvalue weighted by Crippen LogP contribution is 2.36. The van der Waals surface area contributed by atoms with Gasteiger partial charge in [-0.1, -0.05) is 24.6 Å². The molecule has 5 rings (SSSR count). The fourth-order valence-electron chi connectivity index (χ4n) is 4.69. The maximum atomic E-state index is 14.3. The molecule has 2 amide bonds. The Morgan fingerprint density at radius 3 is 2.52 bits per heavy atom. The molecule has 0 radical (unpaired) electrons. The van der Waals surface area contributed by atoms with Crippen LogP contribution in [0.15, 0.2) is 54.7 Å². The number of anilines is 1. The standard InChI is InChI=1S/C30H25ClF2N6O4S/c1-15(40)14-39-26(16(2)20-10-18(32)5-7-22(20)31)27(37-29(41)25-21-11-19(33)6-8-23(21)44-38-25)36-28(39)30(42)35-13-17-4-9-24(43-3)34-12-17/h4-12,16H,13-14H2,1-3H3,(H,35,42)(H,37,41)/t16-/m1/s1. The SMILES string of the molecule is COc1ccc(CNC(=O)c2nc(NC(=O)c3nsc4ccc(F)cc34)c([C@H](C)c3cc(F)ccc3Cl)n2CC(C)=O)cn1. The number of carbonyl (C=O) groups excluding carboxylic acids is 3. The molecule has 0 saturated carbocycles. The van der Waals surface area contributed by atoms with Crippen LogP contribution >= 0.6 is 23.1 Å². The summed E-state index contributed by atoms with van der Waals surface area (Å²) in [6, 6.07) is 11.2. The van der Waals surface area contributed by atoms with E-state index in [0.29, 0.717) is 27.1 Å². The Morgan fingerprint density at radius 2 is 1.82 bits per heavy atom. The number of Topliss-reactive ketones (excluding diaryl/α,β-unsaturated/α-hetero) is 1. The molecule has 226 valence electrons. The van der Waals surface area contributed by atoms with E-state index in [2.05, 4.69) is 25.0 Å². The Morgan fingerprint density at radius 1 is 1.07 bits per heavy atom. The third-order valence-corrected chi connectivity index (χ3v) is 7.93. The minimum absolute atomic E-state index is 0.0500. The summed E-state index contributed by atoms with van der Waals surface area (Å²) in [4.78, 5) is 48.0. The number of amides is 2. The Bertz CT molecular complexity index is 1890. The highest BCUT2D eigenvalue weighted by atomic mass is 35.5. The molecule has 14 heteroatoms. The summed E-state index contributed by atoms with van der Waals surface area (Å²) >= 11 is 7.46. The first-order chi connectivity index (χ1) is 21.0. The molecule has 44 heavy (non-hydrogen) atoms. The van der Waals surface area contributed by atoms with Crippen molar-refractivity contribution < 1.29 is 27.9 Å². The topological polar surface area (TPSA) is 128 Å². The van der Waals surface area contributed by atoms with E-state index in [1.807, 2.05) is 0 Å². The van der Waals surface area contributed by atoms with E-state index in [-0.39, 0.29) is 46.9 Å². The third-order valence-electron chi connectivity index (χ3n) is 6.76. The molecule has 3 heterocycles. The van der Waals surface area contributed by atoms with E-state index in [9.17, 15) is 23.2 Å². The van der Waals surface area contributed by atoms with E-state index in [4.69, 9.17) is 16.3 Å². The molecule has 0 aliphatic heterocycles. The number of imidazole rings is 1. The number of ether oxygens (including phenoxy) is 1. The molecular formula is C30H25ClF2N6O4S. The monoisotopic (exact) mass is 638 g/mol. The van der Waals surface area contributed by atoms with Gasteiger partial charge in [-0.05, 0) is 66.0 Å². The average molecular weight is 639 g/mol. The summed E-state index contributed by atoms with van der Waals surface area (Å²) in [5, 5.41) is 5.96. The maximum absolute atomic E-state index is 14.3. The lowest BCUT2D eigenvalue weighted by atomic mass is 9.96. The molecule has 0 spiro atoms. The second-order valence-corrected chi connectivity index (χ2v) is 11.1. The van der Waals surface area contributed by atoms with Crippen LogP contribution in [-0.4, -0.2) is 43.6 Å². The predicted molar refractivity (Wildman–Crippen MR) is 161 cm³/mol. The van der Waals surface area contributed by atoms with Gasteiger partial charge in [0.15, 0.2) is 5.82 Å². The molecule has 1 atom stereocenters. The van der Waals surface area contributed by atoms with Gasteiger partial charge in [-0.2, -0.15) is 4.37 Å². The Balaban J connectivity index is 1.58. The molecule has 0 unspecified atom stereocenters. The second-order valence-electron chi connectivity index (χ2n) is 9.86. The number of methoxy groups -OCH3 is 1. The van der Waals surface area contributed by atoms with Crippen LogP contribution in [0.25, 0.3) is 10.1 Å². The van der Waals surface area contributed by atoms with Gasteiger partial charge in [0.1, 0.15) is 23.1 Å². The second kappa shape index (κ2) is 12.9. The lowest BCUT2D eigenvalue weighted by molar-refractivity contribution is -0.117. The summed E-state index contributed by atoms with van der Waals surface area (Å²) in [7, 11) is 1.49. The smallest absolute Gasteiger partial charge is 0.287 e. The van der Waals surface area contributed by atoms with E-state index < -0.39 is 29.4 Å². The number of hydrogen-bond acceptors (Lipinski definition) is 8. The number of nitrogens with zero attached hydrogens (tertiary/aromatic N) is 4. The number of ketones is 1. The summed E-state index contributed by atoms with van der Waals surface area (Å²) < 4.78 is 39.6. The van der Waals surface area contributed by atoms with Crippen LogP contribution in [0.2, 0.25) is 5.02 Å². The molecule has 10 nitrogen and oxygen atoms in total. The van der Waals surface area contributed by atoms with Crippen LogP contribution in [0.3, 0.4) is 0 Å². The van der Waals surface area contributed by atoms with Gasteiger partial charge >= 0.3 is 0 Å². The highest BCUT2D eigenvalue weighted by Gasteiger charge is 2.30. The van der Waals surface area contributed by atoms with Crippen LogP contribution in [0.4, 0.5) is 14.6 Å². The van der Waals surface area contributed by atoms with Crippen molar-refractivity contribution in [1.29, 1.82) is 0 Å². The van der Waals surface area contributed by atoms with Crippen LogP contribution in [0, 0.1) is 11.6 Å². The number of halogens is 3. The van der Waals surface area contributed by atoms with Crippen LogP contribution in [0.5, 0.6) is 5.88 Å². The number of nitrogens with one attached hydrogen (secondary N) is 2. The zero-order chi connectivity index (χ0) is 31.5. The molecular weight excluding hydrogens is 614 g/mol. The molecule has 0 saturated heterocycles. The number of benzene rings is 2. The fraction of sp³-hybridized carbons (Fsp3) is 0.200. The van der Waals surface area contributed by atoms with Gasteiger partial charge in [-0.3, -0.25) is 14.4 Å². The quantitative estimate of drug-likeness (QED) is 0.199. The van der Waals surface area contributed by atoms with Crippen LogP contribution < -0.4 is 15.4 Å². The van der Waals surface area contributed by atoms with Crippen molar-refractivity contribution in [3.8, 4) is 5.88 Å². The maximum Gasteiger partial charge on any atom is 0.287 e. The van der Waals surface area contributed by atoms with Crippen molar-refractivity contribution in [2.75, 3.05) is 12.4 Å². The number of pyridine rings is 1. The van der Waals surface area contributed by atoms with Crippen molar-refractivity contribution in [3.63, 3.8) is 0 Å². The summed E-state index contributed by atoms with van der Waals surface area (Å²) in [6.07, 6.45) is 1.53. The number of fused-ring (bicyclic) bond motifs is 1. The average Bonchev–Trinajstić information content (AvgIpc) is 3.57. The van der Waals surface area contributed by atoms with Gasteiger partial charge in [0, 0.05) is 35.1 Å². The first kappa shape index (κ1) is 30.7. The first-order valence-electron chi connectivity index (χ1n) is 13.2. The van der Waals surface area contributed by atoms with Gasteiger partial charge in [0.25, 0.3) is 11.8 Å². The predicted octanol–water partition coefficient (Wildman–Crippen LogP) is 5.75. The van der Waals surface area contributed by atoms with Gasteiger partial charge in [0.2, 0.25) is 11.7 Å². The molecule has 2 aromatic carbocycles. The molecule has 0 aliphatic carbocycles. The van der Waals surface area contributed by atoms with Gasteiger partial charge in [0.05, 0.1) is 24.0 Å². The lowest BCUT2D eigenvalue weighted by Gasteiger charge is -2.19. The number of hydrogen-bond donors (Lipinski definition) is 2. The highest BCUT2D eigenvalue weighted by molar-refractivity contribution is 7.13.